The van der Waals surface area contributed by atoms with Crippen molar-refractivity contribution in [3.05, 3.63) is 102 Å². The molecule has 0 unspecified atom stereocenters. The van der Waals surface area contributed by atoms with Crippen molar-refractivity contribution in [3.8, 4) is 0 Å². The number of hydrogen-bond donors (Lipinski definition) is 3. The van der Waals surface area contributed by atoms with Crippen molar-refractivity contribution in [1.29, 1.82) is 0 Å². The van der Waals surface area contributed by atoms with E-state index in [-0.39, 0.29) is 0 Å². The quantitative estimate of drug-likeness (QED) is 0.155. The first kappa shape index (κ1) is 29.6. The van der Waals surface area contributed by atoms with Gasteiger partial charge in [0.05, 0.1) is 0 Å². The van der Waals surface area contributed by atoms with Crippen LogP contribution in [-0.4, -0.2) is 58.9 Å². The minimum atomic E-state index is 0.563. The van der Waals surface area contributed by atoms with Crippen LogP contribution in [-0.2, 0) is 0 Å². The third-order valence-corrected chi connectivity index (χ3v) is 8.58. The van der Waals surface area contributed by atoms with Crippen LogP contribution >= 0.6 is 11.9 Å². The number of hydrogen-bond acceptors (Lipinski definition) is 8. The number of likely N-dealkylation sites (tertiary alicyclic amines) is 1. The molecule has 218 valence electrons. The zero-order chi connectivity index (χ0) is 29.3. The molecule has 1 fully saturated rings. The van der Waals surface area contributed by atoms with Crippen molar-refractivity contribution in [2.45, 2.75) is 37.6 Å². The lowest BCUT2D eigenvalue weighted by molar-refractivity contribution is 0.186. The first-order chi connectivity index (χ1) is 20.4. The first-order valence-electron chi connectivity index (χ1n) is 14.6. The van der Waals surface area contributed by atoms with Gasteiger partial charge in [0.15, 0.2) is 0 Å². The average Bonchev–Trinajstić information content (AvgIpc) is 3.00. The molecular formula is C34H41N7S. The molecule has 2 heterocycles. The molecule has 1 aliphatic heterocycles. The maximum absolute atomic E-state index is 4.61. The maximum atomic E-state index is 4.61. The molecule has 4 aromatic rings. The monoisotopic (exact) mass is 579 g/mol. The molecule has 0 spiro atoms. The summed E-state index contributed by atoms with van der Waals surface area (Å²) < 4.78 is 2.43. The van der Waals surface area contributed by atoms with E-state index in [1.807, 2.05) is 37.2 Å². The SMILES string of the molecule is CNc1ccccc1/C=C(\C)CN1CCC(N(C)Sc2ccc(Nc3nccc(Nc4ccc(C)cc4)n3)cc2)CC1. The van der Waals surface area contributed by atoms with E-state index in [0.29, 0.717) is 12.0 Å². The van der Waals surface area contributed by atoms with Gasteiger partial charge < -0.3 is 16.0 Å². The van der Waals surface area contributed by atoms with Gasteiger partial charge in [0, 0.05) is 47.8 Å². The molecule has 0 atom stereocenters. The highest BCUT2D eigenvalue weighted by molar-refractivity contribution is 7.97. The number of benzene rings is 3. The van der Waals surface area contributed by atoms with Gasteiger partial charge in [-0.1, -0.05) is 47.5 Å². The Morgan fingerprint density at radius 3 is 2.38 bits per heavy atom. The lowest BCUT2D eigenvalue weighted by atomic mass is 10.0. The Labute approximate surface area is 254 Å². The summed E-state index contributed by atoms with van der Waals surface area (Å²) in [6, 6.07) is 27.6. The van der Waals surface area contributed by atoms with Crippen molar-refractivity contribution in [2.24, 2.45) is 0 Å². The smallest absolute Gasteiger partial charge is 0.229 e. The lowest BCUT2D eigenvalue weighted by Gasteiger charge is -2.36. The Kier molecular flexibility index (Phi) is 10.1. The Hall–Kier alpha value is -3.85. The molecule has 1 aliphatic rings. The highest BCUT2D eigenvalue weighted by atomic mass is 32.2. The summed E-state index contributed by atoms with van der Waals surface area (Å²) in [6.45, 7) is 7.58. The zero-order valence-corrected chi connectivity index (χ0v) is 25.8. The second-order valence-electron chi connectivity index (χ2n) is 10.9. The number of nitrogens with one attached hydrogen (secondary N) is 3. The van der Waals surface area contributed by atoms with E-state index in [9.17, 15) is 0 Å². The maximum Gasteiger partial charge on any atom is 0.229 e. The van der Waals surface area contributed by atoms with Gasteiger partial charge in [-0.05, 0) is 113 Å². The largest absolute Gasteiger partial charge is 0.388 e. The summed E-state index contributed by atoms with van der Waals surface area (Å²) >= 11 is 1.82. The molecule has 3 aromatic carbocycles. The minimum absolute atomic E-state index is 0.563. The van der Waals surface area contributed by atoms with Gasteiger partial charge in [-0.3, -0.25) is 4.90 Å². The molecule has 0 radical (unpaired) electrons. The molecule has 42 heavy (non-hydrogen) atoms. The van der Waals surface area contributed by atoms with Crippen LogP contribution in [0.3, 0.4) is 0 Å². The summed E-state index contributed by atoms with van der Waals surface area (Å²) in [7, 11) is 4.20. The van der Waals surface area contributed by atoms with Crippen molar-refractivity contribution in [2.75, 3.05) is 49.7 Å². The van der Waals surface area contributed by atoms with Crippen LogP contribution < -0.4 is 16.0 Å². The number of anilines is 5. The van der Waals surface area contributed by atoms with Gasteiger partial charge in [0.25, 0.3) is 0 Å². The molecule has 7 nitrogen and oxygen atoms in total. The second kappa shape index (κ2) is 14.4. The summed E-state index contributed by atoms with van der Waals surface area (Å²) in [6.07, 6.45) is 6.42. The van der Waals surface area contributed by atoms with Crippen molar-refractivity contribution < 1.29 is 0 Å². The zero-order valence-electron chi connectivity index (χ0n) is 25.0. The average molecular weight is 580 g/mol. The van der Waals surface area contributed by atoms with E-state index in [4.69, 9.17) is 0 Å². The number of aromatic nitrogens is 2. The Morgan fingerprint density at radius 1 is 0.952 bits per heavy atom. The molecule has 1 aromatic heterocycles. The van der Waals surface area contributed by atoms with E-state index in [1.165, 1.54) is 40.1 Å². The number of aryl methyl sites for hydroxylation is 1. The Bertz CT molecular complexity index is 1460. The van der Waals surface area contributed by atoms with Gasteiger partial charge in [-0.15, -0.1) is 0 Å². The summed E-state index contributed by atoms with van der Waals surface area (Å²) in [5, 5.41) is 9.95. The van der Waals surface area contributed by atoms with E-state index < -0.39 is 0 Å². The van der Waals surface area contributed by atoms with Crippen molar-refractivity contribution >= 4 is 46.9 Å². The molecule has 0 aliphatic carbocycles. The number of nitrogens with zero attached hydrogens (tertiary/aromatic N) is 4. The summed E-state index contributed by atoms with van der Waals surface area (Å²) in [4.78, 5) is 12.8. The number of piperidine rings is 1. The van der Waals surface area contributed by atoms with E-state index >= 15 is 0 Å². The fourth-order valence-electron chi connectivity index (χ4n) is 5.20. The van der Waals surface area contributed by atoms with Gasteiger partial charge in [-0.25, -0.2) is 9.29 Å². The Balaban J connectivity index is 1.08. The van der Waals surface area contributed by atoms with Gasteiger partial charge in [0.2, 0.25) is 5.95 Å². The third-order valence-electron chi connectivity index (χ3n) is 7.52. The lowest BCUT2D eigenvalue weighted by Crippen LogP contribution is -2.41. The summed E-state index contributed by atoms with van der Waals surface area (Å²) in [5.41, 5.74) is 7.01. The van der Waals surface area contributed by atoms with Crippen LogP contribution in [0.25, 0.3) is 6.08 Å². The number of para-hydroxylation sites is 1. The molecule has 8 heteroatoms. The molecule has 0 bridgehead atoms. The van der Waals surface area contributed by atoms with E-state index in [0.717, 1.165) is 36.8 Å². The highest BCUT2D eigenvalue weighted by Gasteiger charge is 2.23. The van der Waals surface area contributed by atoms with Gasteiger partial charge in [0.1, 0.15) is 5.82 Å². The van der Waals surface area contributed by atoms with Crippen LogP contribution in [0.15, 0.2) is 95.5 Å². The fourth-order valence-corrected chi connectivity index (χ4v) is 6.15. The van der Waals surface area contributed by atoms with Crippen LogP contribution in [0.2, 0.25) is 0 Å². The number of rotatable bonds is 11. The Morgan fingerprint density at radius 2 is 1.64 bits per heavy atom. The molecule has 0 amide bonds. The van der Waals surface area contributed by atoms with Crippen LogP contribution in [0.1, 0.15) is 30.9 Å². The minimum Gasteiger partial charge on any atom is -0.388 e. The molecule has 1 saturated heterocycles. The van der Waals surface area contributed by atoms with Gasteiger partial charge >= 0.3 is 0 Å². The van der Waals surface area contributed by atoms with Crippen molar-refractivity contribution in [1.82, 2.24) is 19.2 Å². The van der Waals surface area contributed by atoms with Crippen LogP contribution in [0, 0.1) is 6.92 Å². The molecule has 5 rings (SSSR count). The third kappa shape index (κ3) is 8.35. The van der Waals surface area contributed by atoms with Crippen molar-refractivity contribution in [3.63, 3.8) is 0 Å². The summed E-state index contributed by atoms with van der Waals surface area (Å²) in [5.74, 6) is 1.31. The van der Waals surface area contributed by atoms with E-state index in [1.54, 1.807) is 6.20 Å². The van der Waals surface area contributed by atoms with E-state index in [2.05, 4.69) is 123 Å². The standard InChI is InChI=1S/C34H41N7S/c1-25-9-11-28(12-10-25)37-33-17-20-36-34(39-33)38-29-13-15-31(16-14-29)42-40(4)30-18-21-41(22-19-30)24-26(2)23-27-7-5-6-8-32(27)35-3/h5-17,20,23,30,35H,18-19,21-22,24H2,1-4H3,(H2,36,37,38,39)/b26-23+. The highest BCUT2D eigenvalue weighted by Crippen LogP contribution is 2.29. The second-order valence-corrected chi connectivity index (χ2v) is 12.1. The normalized spacial score (nSPS) is 14.6. The van der Waals surface area contributed by atoms with Crippen LogP contribution in [0.5, 0.6) is 0 Å². The molecule has 0 saturated carbocycles. The van der Waals surface area contributed by atoms with Crippen LogP contribution in [0.4, 0.5) is 28.8 Å². The predicted octanol–water partition coefficient (Wildman–Crippen LogP) is 7.82. The molecular weight excluding hydrogens is 538 g/mol. The fraction of sp³-hybridized carbons (Fsp3) is 0.294. The molecule has 3 N–H and O–H groups in total. The predicted molar refractivity (Wildman–Crippen MR) is 179 cm³/mol. The van der Waals surface area contributed by atoms with Gasteiger partial charge in [-0.2, -0.15) is 4.98 Å². The first-order valence-corrected chi connectivity index (χ1v) is 15.3. The topological polar surface area (TPSA) is 68.3 Å².